The van der Waals surface area contributed by atoms with E-state index in [0.29, 0.717) is 24.2 Å². The minimum atomic E-state index is -1.47. The van der Waals surface area contributed by atoms with E-state index in [4.69, 9.17) is 9.47 Å². The Morgan fingerprint density at radius 2 is 1.70 bits per heavy atom. The molecule has 0 aromatic rings. The van der Waals surface area contributed by atoms with Crippen LogP contribution in [0, 0.1) is 45.3 Å². The summed E-state index contributed by atoms with van der Waals surface area (Å²) in [6.07, 6.45) is 5.19. The summed E-state index contributed by atoms with van der Waals surface area (Å²) >= 11 is 0. The third kappa shape index (κ3) is 5.18. The normalized spacial score (nSPS) is 49.5. The SMILES string of the molecule is C/C(=C\CC[C@@H](C)[C@H]1CC[C@@]2(C)[C@@H]3CC=C4[C@@H](CC[C@H](O[C@@H]5O[C@H](CO)[C@@H](O)[C@H](O)[C@H]5O)C4(C)C)[C@]3(C)C(O)C[C@]12C)CO. The Balaban J connectivity index is 1.38. The minimum absolute atomic E-state index is 0.0516. The first kappa shape index (κ1) is 34.5. The van der Waals surface area contributed by atoms with Gasteiger partial charge in [0.05, 0.1) is 25.4 Å². The van der Waals surface area contributed by atoms with Crippen molar-refractivity contribution in [2.45, 2.75) is 143 Å². The van der Waals surface area contributed by atoms with Crippen molar-refractivity contribution in [2.75, 3.05) is 13.2 Å². The van der Waals surface area contributed by atoms with Crippen molar-refractivity contribution in [1.82, 2.24) is 0 Å². The van der Waals surface area contributed by atoms with Crippen LogP contribution in [0.3, 0.4) is 0 Å². The molecular formula is C36H60O8. The van der Waals surface area contributed by atoms with E-state index in [-0.39, 0.29) is 34.9 Å². The molecule has 0 aromatic heterocycles. The highest BCUT2D eigenvalue weighted by Crippen LogP contribution is 2.75. The zero-order chi connectivity index (χ0) is 32.4. The smallest absolute Gasteiger partial charge is 0.187 e. The maximum Gasteiger partial charge on any atom is 0.187 e. The summed E-state index contributed by atoms with van der Waals surface area (Å²) in [5, 5.41) is 62.5. The van der Waals surface area contributed by atoms with Gasteiger partial charge in [0, 0.05) is 10.8 Å². The summed E-state index contributed by atoms with van der Waals surface area (Å²) in [4.78, 5) is 0. The Morgan fingerprint density at radius 3 is 2.36 bits per heavy atom. The van der Waals surface area contributed by atoms with Crippen molar-refractivity contribution < 1.29 is 40.1 Å². The highest BCUT2D eigenvalue weighted by molar-refractivity contribution is 5.31. The highest BCUT2D eigenvalue weighted by atomic mass is 16.7. The van der Waals surface area contributed by atoms with Crippen LogP contribution in [0.4, 0.5) is 0 Å². The fourth-order valence-electron chi connectivity index (χ4n) is 11.1. The topological polar surface area (TPSA) is 140 Å². The molecule has 8 heteroatoms. The van der Waals surface area contributed by atoms with E-state index in [1.165, 1.54) is 18.4 Å². The minimum Gasteiger partial charge on any atom is -0.394 e. The summed E-state index contributed by atoms with van der Waals surface area (Å²) in [5.41, 5.74) is 1.84. The summed E-state index contributed by atoms with van der Waals surface area (Å²) in [6, 6.07) is 0. The lowest BCUT2D eigenvalue weighted by Gasteiger charge is -2.67. The third-order valence-corrected chi connectivity index (χ3v) is 14.1. The van der Waals surface area contributed by atoms with Gasteiger partial charge in [-0.15, -0.1) is 0 Å². The zero-order valence-corrected chi connectivity index (χ0v) is 28.1. The molecule has 44 heavy (non-hydrogen) atoms. The van der Waals surface area contributed by atoms with Crippen molar-refractivity contribution in [3.63, 3.8) is 0 Å². The molecule has 4 fully saturated rings. The first-order valence-electron chi connectivity index (χ1n) is 17.2. The number of hydrogen-bond donors (Lipinski definition) is 6. The van der Waals surface area contributed by atoms with E-state index >= 15 is 0 Å². The van der Waals surface area contributed by atoms with Gasteiger partial charge in [0.1, 0.15) is 24.4 Å². The molecule has 0 aromatic carbocycles. The van der Waals surface area contributed by atoms with Gasteiger partial charge in [-0.2, -0.15) is 0 Å². The van der Waals surface area contributed by atoms with E-state index in [9.17, 15) is 30.6 Å². The molecule has 0 spiro atoms. The van der Waals surface area contributed by atoms with Crippen LogP contribution in [0.5, 0.6) is 0 Å². The lowest BCUT2D eigenvalue weighted by molar-refractivity contribution is -0.320. The Morgan fingerprint density at radius 1 is 1.00 bits per heavy atom. The van der Waals surface area contributed by atoms with Crippen LogP contribution in [0.25, 0.3) is 0 Å². The molecule has 0 radical (unpaired) electrons. The van der Waals surface area contributed by atoms with Gasteiger partial charge in [-0.05, 0) is 92.8 Å². The molecule has 8 nitrogen and oxygen atoms in total. The van der Waals surface area contributed by atoms with Gasteiger partial charge in [-0.3, -0.25) is 0 Å². The fraction of sp³-hybridized carbons (Fsp3) is 0.889. The van der Waals surface area contributed by atoms with Crippen molar-refractivity contribution >= 4 is 0 Å². The summed E-state index contributed by atoms with van der Waals surface area (Å²) < 4.78 is 12.1. The summed E-state index contributed by atoms with van der Waals surface area (Å²) in [7, 11) is 0. The van der Waals surface area contributed by atoms with Crippen LogP contribution >= 0.6 is 0 Å². The van der Waals surface area contributed by atoms with Gasteiger partial charge >= 0.3 is 0 Å². The Labute approximate surface area is 264 Å². The molecule has 3 saturated carbocycles. The molecule has 5 aliphatic rings. The number of ether oxygens (including phenoxy) is 2. The van der Waals surface area contributed by atoms with Gasteiger partial charge in [0.15, 0.2) is 6.29 Å². The largest absolute Gasteiger partial charge is 0.394 e. The second-order valence-electron chi connectivity index (χ2n) is 16.5. The quantitative estimate of drug-likeness (QED) is 0.223. The molecule has 0 bridgehead atoms. The van der Waals surface area contributed by atoms with Crippen molar-refractivity contribution in [3.8, 4) is 0 Å². The van der Waals surface area contributed by atoms with Crippen LogP contribution in [0.2, 0.25) is 0 Å². The van der Waals surface area contributed by atoms with E-state index in [1.807, 2.05) is 6.92 Å². The standard InChI is InChI=1S/C36H60O8/c1-20(18-37)9-8-10-21(2)22-15-16-34(5)26-13-11-23-24(36(26,7)27(39)17-35(22,34)6)12-14-28(33(23,3)4)44-32-31(42)30(41)29(40)25(19-38)43-32/h9,11,21-22,24-32,37-42H,8,10,12-19H2,1-7H3/b20-9+/t21-,22-,24-,25-,26+,27?,28+,29-,30+,31-,32+,34+,35-,36+/m1/s1. The van der Waals surface area contributed by atoms with E-state index in [0.717, 1.165) is 37.7 Å². The van der Waals surface area contributed by atoms with Gasteiger partial charge in [0.25, 0.3) is 0 Å². The maximum absolute atomic E-state index is 12.2. The van der Waals surface area contributed by atoms with Crippen LogP contribution < -0.4 is 0 Å². The van der Waals surface area contributed by atoms with Crippen molar-refractivity contribution in [2.24, 2.45) is 45.3 Å². The average Bonchev–Trinajstić information content (AvgIpc) is 3.24. The first-order valence-corrected chi connectivity index (χ1v) is 17.2. The molecule has 1 aliphatic heterocycles. The number of fused-ring (bicyclic) bond motifs is 5. The number of hydrogen-bond acceptors (Lipinski definition) is 8. The monoisotopic (exact) mass is 620 g/mol. The Hall–Kier alpha value is -0.840. The molecular weight excluding hydrogens is 560 g/mol. The third-order valence-electron chi connectivity index (χ3n) is 14.1. The molecule has 14 atom stereocenters. The van der Waals surface area contributed by atoms with Gasteiger partial charge < -0.3 is 40.1 Å². The Kier molecular flexibility index (Phi) is 9.65. The Bertz CT molecular complexity index is 1100. The molecule has 1 saturated heterocycles. The predicted octanol–water partition coefficient (Wildman–Crippen LogP) is 4.10. The van der Waals surface area contributed by atoms with E-state index in [2.05, 4.69) is 53.7 Å². The molecule has 1 heterocycles. The lowest BCUT2D eigenvalue weighted by atomic mass is 9.38. The average molecular weight is 621 g/mol. The second-order valence-corrected chi connectivity index (χ2v) is 16.5. The van der Waals surface area contributed by atoms with E-state index < -0.39 is 48.8 Å². The van der Waals surface area contributed by atoms with Crippen molar-refractivity contribution in [1.29, 1.82) is 0 Å². The first-order chi connectivity index (χ1) is 20.6. The number of aliphatic hydroxyl groups excluding tert-OH is 6. The van der Waals surface area contributed by atoms with Crippen LogP contribution in [0.1, 0.15) is 99.8 Å². The van der Waals surface area contributed by atoms with Gasteiger partial charge in [-0.1, -0.05) is 64.8 Å². The molecule has 6 N–H and O–H groups in total. The molecule has 1 unspecified atom stereocenters. The molecule has 4 aliphatic carbocycles. The van der Waals surface area contributed by atoms with E-state index in [1.54, 1.807) is 0 Å². The lowest BCUT2D eigenvalue weighted by Crippen LogP contribution is -2.65. The summed E-state index contributed by atoms with van der Waals surface area (Å²) in [5.74, 6) is 1.68. The van der Waals surface area contributed by atoms with Crippen LogP contribution in [-0.4, -0.2) is 86.8 Å². The number of aliphatic hydroxyl groups is 6. The van der Waals surface area contributed by atoms with Crippen molar-refractivity contribution in [3.05, 3.63) is 23.3 Å². The molecule has 252 valence electrons. The number of allylic oxidation sites excluding steroid dienone is 2. The van der Waals surface area contributed by atoms with Crippen LogP contribution in [0.15, 0.2) is 23.3 Å². The number of rotatable bonds is 8. The fourth-order valence-corrected chi connectivity index (χ4v) is 11.1. The second kappa shape index (κ2) is 12.3. The highest BCUT2D eigenvalue weighted by Gasteiger charge is 2.70. The summed E-state index contributed by atoms with van der Waals surface area (Å²) in [6.45, 7) is 15.7. The maximum atomic E-state index is 12.2. The zero-order valence-electron chi connectivity index (χ0n) is 28.1. The predicted molar refractivity (Wildman–Crippen MR) is 168 cm³/mol. The van der Waals surface area contributed by atoms with Gasteiger partial charge in [-0.25, -0.2) is 0 Å². The van der Waals surface area contributed by atoms with Crippen LogP contribution in [-0.2, 0) is 9.47 Å². The molecule has 0 amide bonds. The molecule has 5 rings (SSSR count). The van der Waals surface area contributed by atoms with Gasteiger partial charge in [0.2, 0.25) is 0 Å².